The van der Waals surface area contributed by atoms with Crippen molar-refractivity contribution < 1.29 is 10.0 Å². The first-order valence-corrected chi connectivity index (χ1v) is 4.86. The molecule has 0 bridgehead atoms. The molecule has 2 rings (SSSR count). The van der Waals surface area contributed by atoms with E-state index in [4.69, 9.17) is 0 Å². The van der Waals surface area contributed by atoms with Gasteiger partial charge in [0.25, 0.3) is 0 Å². The molecule has 0 radical (unpaired) electrons. The number of nitrogens with zero attached hydrogens (tertiary/aromatic N) is 1. The van der Waals surface area contributed by atoms with Gasteiger partial charge in [0.15, 0.2) is 5.75 Å². The molecule has 1 aliphatic rings. The van der Waals surface area contributed by atoms with Gasteiger partial charge >= 0.3 is 5.69 Å². The quantitative estimate of drug-likeness (QED) is 0.581. The Kier molecular flexibility index (Phi) is 2.55. The topological polar surface area (TPSA) is 75.4 Å². The van der Waals surface area contributed by atoms with Crippen LogP contribution in [0.5, 0.6) is 5.75 Å². The van der Waals surface area contributed by atoms with Crippen LogP contribution >= 0.6 is 0 Å². The van der Waals surface area contributed by atoms with Gasteiger partial charge in [0.05, 0.1) is 4.92 Å². The lowest BCUT2D eigenvalue weighted by Crippen LogP contribution is -2.15. The van der Waals surface area contributed by atoms with Crippen molar-refractivity contribution in [1.82, 2.24) is 5.32 Å². The van der Waals surface area contributed by atoms with E-state index in [0.717, 1.165) is 5.56 Å². The molecule has 5 nitrogen and oxygen atoms in total. The third-order valence-electron chi connectivity index (χ3n) is 2.41. The summed E-state index contributed by atoms with van der Waals surface area (Å²) in [6, 6.07) is 5.03. The van der Waals surface area contributed by atoms with Crippen molar-refractivity contribution in [2.75, 3.05) is 0 Å². The molecule has 15 heavy (non-hydrogen) atoms. The molecule has 80 valence electrons. The molecule has 1 aromatic rings. The summed E-state index contributed by atoms with van der Waals surface area (Å²) in [6.45, 7) is 0.617. The fourth-order valence-electron chi connectivity index (χ4n) is 1.37. The van der Waals surface area contributed by atoms with Gasteiger partial charge in [-0.1, -0.05) is 6.07 Å². The van der Waals surface area contributed by atoms with Crippen molar-refractivity contribution in [2.45, 2.75) is 25.4 Å². The molecule has 0 atom stereocenters. The summed E-state index contributed by atoms with van der Waals surface area (Å²) in [5, 5.41) is 23.0. The minimum absolute atomic E-state index is 0.231. The minimum Gasteiger partial charge on any atom is -0.502 e. The maximum Gasteiger partial charge on any atom is 0.311 e. The summed E-state index contributed by atoms with van der Waals surface area (Å²) in [6.07, 6.45) is 2.36. The van der Waals surface area contributed by atoms with Crippen molar-refractivity contribution in [3.8, 4) is 5.75 Å². The van der Waals surface area contributed by atoms with Crippen LogP contribution in [0.4, 0.5) is 5.69 Å². The Balaban J connectivity index is 2.10. The van der Waals surface area contributed by atoms with Gasteiger partial charge in [0.2, 0.25) is 0 Å². The highest BCUT2D eigenvalue weighted by atomic mass is 16.6. The number of phenols is 1. The van der Waals surface area contributed by atoms with Crippen LogP contribution in [0.3, 0.4) is 0 Å². The maximum absolute atomic E-state index is 10.5. The van der Waals surface area contributed by atoms with Crippen molar-refractivity contribution >= 4 is 5.69 Å². The van der Waals surface area contributed by atoms with Crippen molar-refractivity contribution in [3.63, 3.8) is 0 Å². The Morgan fingerprint density at radius 3 is 2.87 bits per heavy atom. The molecule has 5 heteroatoms. The molecule has 0 saturated heterocycles. The summed E-state index contributed by atoms with van der Waals surface area (Å²) >= 11 is 0. The van der Waals surface area contributed by atoms with Crippen molar-refractivity contribution in [1.29, 1.82) is 0 Å². The molecule has 2 N–H and O–H groups in total. The van der Waals surface area contributed by atoms with E-state index < -0.39 is 4.92 Å². The molecule has 0 spiro atoms. The summed E-state index contributed by atoms with van der Waals surface area (Å²) in [5.41, 5.74) is 0.594. The van der Waals surface area contributed by atoms with Crippen LogP contribution in [0.2, 0.25) is 0 Å². The summed E-state index contributed by atoms with van der Waals surface area (Å²) in [7, 11) is 0. The zero-order valence-electron chi connectivity index (χ0n) is 8.14. The first-order chi connectivity index (χ1) is 7.16. The zero-order valence-corrected chi connectivity index (χ0v) is 8.14. The van der Waals surface area contributed by atoms with Gasteiger partial charge < -0.3 is 10.4 Å². The third-order valence-corrected chi connectivity index (χ3v) is 2.41. The van der Waals surface area contributed by atoms with E-state index in [-0.39, 0.29) is 11.4 Å². The SMILES string of the molecule is O=[N+]([O-])c1cc(CNC2CC2)ccc1O. The van der Waals surface area contributed by atoms with Gasteiger partial charge in [0.1, 0.15) is 0 Å². The zero-order chi connectivity index (χ0) is 10.8. The fraction of sp³-hybridized carbons (Fsp3) is 0.400. The first kappa shape index (κ1) is 9.92. The van der Waals surface area contributed by atoms with Gasteiger partial charge in [-0.05, 0) is 24.5 Å². The van der Waals surface area contributed by atoms with E-state index in [0.29, 0.717) is 12.6 Å². The normalized spacial score (nSPS) is 15.2. The lowest BCUT2D eigenvalue weighted by molar-refractivity contribution is -0.385. The number of nitro groups is 1. The molecule has 1 fully saturated rings. The monoisotopic (exact) mass is 208 g/mol. The van der Waals surface area contributed by atoms with Crippen LogP contribution in [0.1, 0.15) is 18.4 Å². The van der Waals surface area contributed by atoms with Gasteiger partial charge in [-0.2, -0.15) is 0 Å². The molecular weight excluding hydrogens is 196 g/mol. The number of phenolic OH excluding ortho intramolecular Hbond substituents is 1. The second-order valence-electron chi connectivity index (χ2n) is 3.74. The number of hydrogen-bond donors (Lipinski definition) is 2. The van der Waals surface area contributed by atoms with E-state index in [1.54, 1.807) is 6.07 Å². The minimum atomic E-state index is -0.573. The lowest BCUT2D eigenvalue weighted by Gasteiger charge is -2.03. The fourth-order valence-corrected chi connectivity index (χ4v) is 1.37. The molecule has 1 aliphatic carbocycles. The summed E-state index contributed by atoms with van der Waals surface area (Å²) in [4.78, 5) is 9.98. The summed E-state index contributed by atoms with van der Waals surface area (Å²) in [5.74, 6) is -0.282. The standard InChI is InChI=1S/C10H12N2O3/c13-10-4-1-7(5-9(10)12(14)15)6-11-8-2-3-8/h1,4-5,8,11,13H,2-3,6H2. The van der Waals surface area contributed by atoms with Crippen LogP contribution in [0.15, 0.2) is 18.2 Å². The van der Waals surface area contributed by atoms with Crippen LogP contribution < -0.4 is 5.32 Å². The van der Waals surface area contributed by atoms with Crippen LogP contribution in [-0.4, -0.2) is 16.1 Å². The number of nitro benzene ring substituents is 1. The van der Waals surface area contributed by atoms with Gasteiger partial charge in [-0.25, -0.2) is 0 Å². The highest BCUT2D eigenvalue weighted by molar-refractivity contribution is 5.47. The predicted octanol–water partition coefficient (Wildman–Crippen LogP) is 1.55. The van der Waals surface area contributed by atoms with E-state index in [9.17, 15) is 15.2 Å². The molecule has 1 aromatic carbocycles. The van der Waals surface area contributed by atoms with E-state index >= 15 is 0 Å². The predicted molar refractivity (Wildman–Crippen MR) is 54.6 cm³/mol. The number of aromatic hydroxyl groups is 1. The average molecular weight is 208 g/mol. The molecular formula is C10H12N2O3. The Morgan fingerprint density at radius 1 is 1.53 bits per heavy atom. The van der Waals surface area contributed by atoms with Gasteiger partial charge in [-0.15, -0.1) is 0 Å². The van der Waals surface area contributed by atoms with Gasteiger partial charge in [-0.3, -0.25) is 10.1 Å². The Morgan fingerprint density at radius 2 is 2.27 bits per heavy atom. The van der Waals surface area contributed by atoms with Crippen LogP contribution in [-0.2, 0) is 6.54 Å². The highest BCUT2D eigenvalue weighted by Gasteiger charge is 2.20. The summed E-state index contributed by atoms with van der Waals surface area (Å²) < 4.78 is 0. The first-order valence-electron chi connectivity index (χ1n) is 4.86. The average Bonchev–Trinajstić information content (AvgIpc) is 3.00. The lowest BCUT2D eigenvalue weighted by atomic mass is 10.2. The molecule has 0 aliphatic heterocycles. The Hall–Kier alpha value is -1.62. The maximum atomic E-state index is 10.5. The van der Waals surface area contributed by atoms with E-state index in [2.05, 4.69) is 5.32 Å². The smallest absolute Gasteiger partial charge is 0.311 e. The second kappa shape index (κ2) is 3.86. The molecule has 0 heterocycles. The molecule has 1 saturated carbocycles. The Bertz CT molecular complexity index is 388. The molecule has 0 amide bonds. The third kappa shape index (κ3) is 2.44. The number of benzene rings is 1. The van der Waals surface area contributed by atoms with Crippen molar-refractivity contribution in [3.05, 3.63) is 33.9 Å². The van der Waals surface area contributed by atoms with Crippen LogP contribution in [0, 0.1) is 10.1 Å². The van der Waals surface area contributed by atoms with E-state index in [1.807, 2.05) is 0 Å². The van der Waals surface area contributed by atoms with E-state index in [1.165, 1.54) is 25.0 Å². The van der Waals surface area contributed by atoms with Gasteiger partial charge in [0, 0.05) is 18.7 Å². The van der Waals surface area contributed by atoms with Crippen molar-refractivity contribution in [2.24, 2.45) is 0 Å². The Labute approximate surface area is 86.9 Å². The second-order valence-corrected chi connectivity index (χ2v) is 3.74. The number of nitrogens with one attached hydrogen (secondary N) is 1. The highest BCUT2D eigenvalue weighted by Crippen LogP contribution is 2.26. The largest absolute Gasteiger partial charge is 0.502 e. The number of hydrogen-bond acceptors (Lipinski definition) is 4. The van der Waals surface area contributed by atoms with Crippen LogP contribution in [0.25, 0.3) is 0 Å². The molecule has 0 unspecified atom stereocenters. The number of rotatable bonds is 4. The molecule has 0 aromatic heterocycles.